The lowest BCUT2D eigenvalue weighted by Gasteiger charge is -2.27. The second-order valence-electron chi connectivity index (χ2n) is 9.71. The molecule has 1 aromatic heterocycles. The van der Waals surface area contributed by atoms with Crippen molar-refractivity contribution in [2.24, 2.45) is 0 Å². The first-order valence-corrected chi connectivity index (χ1v) is 12.6. The molecule has 5 rings (SSSR count). The van der Waals surface area contributed by atoms with Crippen molar-refractivity contribution in [3.05, 3.63) is 96.3 Å². The Morgan fingerprint density at radius 3 is 2.36 bits per heavy atom. The van der Waals surface area contributed by atoms with Crippen LogP contribution < -0.4 is 4.90 Å². The van der Waals surface area contributed by atoms with E-state index in [1.807, 2.05) is 101 Å². The van der Waals surface area contributed by atoms with Gasteiger partial charge in [0.1, 0.15) is 12.4 Å². The number of hydrogen-bond donors (Lipinski definition) is 0. The van der Waals surface area contributed by atoms with Crippen LogP contribution in [0.1, 0.15) is 37.6 Å². The first-order valence-electron chi connectivity index (χ1n) is 12.6. The van der Waals surface area contributed by atoms with Gasteiger partial charge in [-0.05, 0) is 50.1 Å². The Kier molecular flexibility index (Phi) is 6.85. The van der Waals surface area contributed by atoms with Gasteiger partial charge in [0.15, 0.2) is 0 Å². The molecule has 1 fully saturated rings. The van der Waals surface area contributed by atoms with E-state index in [1.165, 1.54) is 5.56 Å². The normalized spacial score (nSPS) is 15.7. The van der Waals surface area contributed by atoms with Gasteiger partial charge in [0, 0.05) is 37.2 Å². The zero-order valence-corrected chi connectivity index (χ0v) is 20.9. The summed E-state index contributed by atoms with van der Waals surface area (Å²) in [5.41, 5.74) is 3.88. The van der Waals surface area contributed by atoms with E-state index in [2.05, 4.69) is 12.1 Å². The van der Waals surface area contributed by atoms with Gasteiger partial charge in [0.05, 0.1) is 11.0 Å². The molecule has 36 heavy (non-hydrogen) atoms. The molecule has 0 aliphatic carbocycles. The molecule has 4 aromatic rings. The summed E-state index contributed by atoms with van der Waals surface area (Å²) in [4.78, 5) is 35.3. The van der Waals surface area contributed by atoms with Gasteiger partial charge in [0.2, 0.25) is 11.8 Å². The second kappa shape index (κ2) is 10.4. The highest BCUT2D eigenvalue weighted by Crippen LogP contribution is 2.31. The fraction of sp³-hybridized carbons (Fsp3) is 0.300. The Balaban J connectivity index is 1.40. The molecule has 0 spiro atoms. The van der Waals surface area contributed by atoms with Crippen molar-refractivity contribution in [3.8, 4) is 0 Å². The molecular formula is C30H32N4O2. The van der Waals surface area contributed by atoms with E-state index in [0.29, 0.717) is 19.5 Å². The third-order valence-electron chi connectivity index (χ3n) is 6.89. The number of rotatable bonds is 8. The quantitative estimate of drug-likeness (QED) is 0.355. The Hall–Kier alpha value is -3.93. The van der Waals surface area contributed by atoms with Crippen molar-refractivity contribution in [1.82, 2.24) is 14.5 Å². The molecule has 2 amide bonds. The number of amides is 2. The van der Waals surface area contributed by atoms with Gasteiger partial charge in [-0.3, -0.25) is 9.59 Å². The largest absolute Gasteiger partial charge is 0.342 e. The summed E-state index contributed by atoms with van der Waals surface area (Å²) in [5.74, 6) is 0.925. The molecule has 0 radical (unpaired) electrons. The Morgan fingerprint density at radius 1 is 0.972 bits per heavy atom. The minimum absolute atomic E-state index is 0.00543. The highest BCUT2D eigenvalue weighted by molar-refractivity contribution is 5.94. The van der Waals surface area contributed by atoms with Crippen molar-refractivity contribution in [2.75, 3.05) is 18.0 Å². The molecule has 0 bridgehead atoms. The third-order valence-corrected chi connectivity index (χ3v) is 6.89. The Morgan fingerprint density at radius 2 is 1.64 bits per heavy atom. The van der Waals surface area contributed by atoms with E-state index in [0.717, 1.165) is 29.0 Å². The zero-order valence-electron chi connectivity index (χ0n) is 20.9. The summed E-state index contributed by atoms with van der Waals surface area (Å²) >= 11 is 0. The van der Waals surface area contributed by atoms with E-state index >= 15 is 0 Å². The van der Waals surface area contributed by atoms with Gasteiger partial charge in [0.25, 0.3) is 0 Å². The first-order chi connectivity index (χ1) is 17.5. The number of nitrogens with zero attached hydrogens (tertiary/aromatic N) is 4. The van der Waals surface area contributed by atoms with Gasteiger partial charge in [-0.2, -0.15) is 0 Å². The smallest absolute Gasteiger partial charge is 0.247 e. The molecule has 6 heteroatoms. The number of carbonyl (C=O) groups excluding carboxylic acids is 2. The van der Waals surface area contributed by atoms with Gasteiger partial charge >= 0.3 is 0 Å². The number of para-hydroxylation sites is 3. The predicted octanol–water partition coefficient (Wildman–Crippen LogP) is 5.04. The monoisotopic (exact) mass is 480 g/mol. The molecule has 0 N–H and O–H groups in total. The molecule has 6 nitrogen and oxygen atoms in total. The molecule has 3 aromatic carbocycles. The second-order valence-corrected chi connectivity index (χ2v) is 9.71. The van der Waals surface area contributed by atoms with E-state index in [9.17, 15) is 9.59 Å². The summed E-state index contributed by atoms with van der Waals surface area (Å²) in [5, 5.41) is 0. The maximum absolute atomic E-state index is 13.7. The molecule has 1 aliphatic rings. The maximum Gasteiger partial charge on any atom is 0.247 e. The minimum Gasteiger partial charge on any atom is -0.342 e. The maximum atomic E-state index is 13.7. The number of benzene rings is 3. The van der Waals surface area contributed by atoms with Gasteiger partial charge in [-0.15, -0.1) is 0 Å². The van der Waals surface area contributed by atoms with Gasteiger partial charge in [-0.25, -0.2) is 4.98 Å². The van der Waals surface area contributed by atoms with E-state index in [-0.39, 0.29) is 30.3 Å². The van der Waals surface area contributed by atoms with Crippen LogP contribution in [0.2, 0.25) is 0 Å². The van der Waals surface area contributed by atoms with Crippen LogP contribution in [0.4, 0.5) is 5.69 Å². The lowest BCUT2D eigenvalue weighted by molar-refractivity contribution is -0.127. The predicted molar refractivity (Wildman–Crippen MR) is 143 cm³/mol. The topological polar surface area (TPSA) is 58.4 Å². The Labute approximate surface area is 212 Å². The molecule has 1 atom stereocenters. The van der Waals surface area contributed by atoms with Crippen LogP contribution in [0.15, 0.2) is 84.9 Å². The van der Waals surface area contributed by atoms with Crippen molar-refractivity contribution < 1.29 is 9.59 Å². The molecular weight excluding hydrogens is 448 g/mol. The number of imidazole rings is 1. The summed E-state index contributed by atoms with van der Waals surface area (Å²) in [6.45, 7) is 5.54. The highest BCUT2D eigenvalue weighted by atomic mass is 16.2. The number of anilines is 1. The number of carbonyl (C=O) groups is 2. The highest BCUT2D eigenvalue weighted by Gasteiger charge is 2.34. The number of likely N-dealkylation sites (tertiary alicyclic amines) is 1. The lowest BCUT2D eigenvalue weighted by atomic mass is 10.1. The van der Waals surface area contributed by atoms with Crippen LogP contribution in [0.3, 0.4) is 0 Å². The average molecular weight is 481 g/mol. The van der Waals surface area contributed by atoms with Crippen LogP contribution in [-0.2, 0) is 22.6 Å². The average Bonchev–Trinajstić information content (AvgIpc) is 3.44. The van der Waals surface area contributed by atoms with Crippen LogP contribution in [0.25, 0.3) is 11.0 Å². The Bertz CT molecular complexity index is 1350. The zero-order chi connectivity index (χ0) is 25.1. The molecule has 2 heterocycles. The van der Waals surface area contributed by atoms with E-state index in [4.69, 9.17) is 4.98 Å². The summed E-state index contributed by atoms with van der Waals surface area (Å²) < 4.78 is 2.02. The van der Waals surface area contributed by atoms with Crippen LogP contribution >= 0.6 is 0 Å². The van der Waals surface area contributed by atoms with Crippen LogP contribution in [-0.4, -0.2) is 45.4 Å². The fourth-order valence-electron chi connectivity index (χ4n) is 5.17. The number of hydrogen-bond acceptors (Lipinski definition) is 3. The number of aromatic nitrogens is 2. The number of fused-ring (bicyclic) bond motifs is 1. The SMILES string of the molecule is CC(C)N(C(=O)Cn1c(C2CC(=O)N(CCc3ccccc3)C2)nc2ccccc21)c1ccccc1. The molecule has 0 saturated carbocycles. The standard InChI is InChI=1S/C30H32N4O2/c1-22(2)34(25-13-7-4-8-14-25)29(36)21-33-27-16-10-9-15-26(27)31-30(33)24-19-28(35)32(20-24)18-17-23-11-5-3-6-12-23/h3-16,22,24H,17-21H2,1-2H3. The molecule has 1 aliphatic heterocycles. The molecule has 184 valence electrons. The van der Waals surface area contributed by atoms with Crippen LogP contribution in [0.5, 0.6) is 0 Å². The fourth-order valence-corrected chi connectivity index (χ4v) is 5.17. The van der Waals surface area contributed by atoms with Crippen molar-refractivity contribution in [1.29, 1.82) is 0 Å². The van der Waals surface area contributed by atoms with Crippen molar-refractivity contribution in [3.63, 3.8) is 0 Å². The van der Waals surface area contributed by atoms with E-state index in [1.54, 1.807) is 0 Å². The summed E-state index contributed by atoms with van der Waals surface area (Å²) in [6, 6.07) is 27.9. The summed E-state index contributed by atoms with van der Waals surface area (Å²) in [6.07, 6.45) is 1.24. The third kappa shape index (κ3) is 4.89. The molecule has 1 unspecified atom stereocenters. The van der Waals surface area contributed by atoms with Crippen molar-refractivity contribution >= 4 is 28.5 Å². The van der Waals surface area contributed by atoms with Crippen LogP contribution in [0, 0.1) is 0 Å². The lowest BCUT2D eigenvalue weighted by Crippen LogP contribution is -2.39. The summed E-state index contributed by atoms with van der Waals surface area (Å²) in [7, 11) is 0. The van der Waals surface area contributed by atoms with Gasteiger partial charge in [-0.1, -0.05) is 60.7 Å². The van der Waals surface area contributed by atoms with Gasteiger partial charge < -0.3 is 14.4 Å². The molecule has 1 saturated heterocycles. The van der Waals surface area contributed by atoms with E-state index < -0.39 is 0 Å². The van der Waals surface area contributed by atoms with Crippen molar-refractivity contribution in [2.45, 2.75) is 45.2 Å². The minimum atomic E-state index is -0.0438. The first kappa shape index (κ1) is 23.8.